The van der Waals surface area contributed by atoms with Crippen LogP contribution in [0.15, 0.2) is 66.7 Å². The van der Waals surface area contributed by atoms with Crippen molar-refractivity contribution in [2.75, 3.05) is 0 Å². The summed E-state index contributed by atoms with van der Waals surface area (Å²) >= 11 is 0. The Morgan fingerprint density at radius 1 is 0.735 bits per heavy atom. The third kappa shape index (κ3) is 7.59. The smallest absolute Gasteiger partial charge is 0.0162 e. The lowest BCUT2D eigenvalue weighted by molar-refractivity contribution is 0.254. The maximum atomic E-state index is 2.46. The molecule has 1 atom stereocenters. The van der Waals surface area contributed by atoms with E-state index in [1.807, 2.05) is 0 Å². The third-order valence-corrected chi connectivity index (χ3v) is 9.14. The van der Waals surface area contributed by atoms with Gasteiger partial charge in [-0.15, -0.1) is 0 Å². The van der Waals surface area contributed by atoms with Gasteiger partial charge in [-0.25, -0.2) is 0 Å². The molecule has 184 valence electrons. The Kier molecular flexibility index (Phi) is 9.90. The lowest BCUT2D eigenvalue weighted by Crippen LogP contribution is -2.15. The third-order valence-electron chi connectivity index (χ3n) is 9.14. The van der Waals surface area contributed by atoms with Gasteiger partial charge in [0, 0.05) is 0 Å². The molecule has 2 aromatic carbocycles. The van der Waals surface area contributed by atoms with Gasteiger partial charge in [0.1, 0.15) is 0 Å². The fourth-order valence-electron chi connectivity index (χ4n) is 6.78. The lowest BCUT2D eigenvalue weighted by atomic mass is 9.75. The van der Waals surface area contributed by atoms with Crippen molar-refractivity contribution in [2.45, 2.75) is 109 Å². The number of rotatable bonds is 10. The van der Waals surface area contributed by atoms with Gasteiger partial charge in [0.15, 0.2) is 0 Å². The molecule has 2 aliphatic carbocycles. The molecule has 2 aromatic rings. The number of hydrogen-bond acceptors (Lipinski definition) is 0. The quantitative estimate of drug-likeness (QED) is 0.312. The predicted molar refractivity (Wildman–Crippen MR) is 148 cm³/mol. The van der Waals surface area contributed by atoms with Gasteiger partial charge in [-0.1, -0.05) is 99.4 Å². The largest absolute Gasteiger partial charge is 0.0917 e. The van der Waals surface area contributed by atoms with Crippen molar-refractivity contribution in [3.63, 3.8) is 0 Å². The van der Waals surface area contributed by atoms with Gasteiger partial charge in [0.2, 0.25) is 0 Å². The van der Waals surface area contributed by atoms with E-state index in [0.29, 0.717) is 5.92 Å². The summed E-state index contributed by atoms with van der Waals surface area (Å²) in [6.45, 7) is 4.56. The van der Waals surface area contributed by atoms with Gasteiger partial charge >= 0.3 is 0 Å². The Morgan fingerprint density at radius 2 is 1.35 bits per heavy atom. The lowest BCUT2D eigenvalue weighted by Gasteiger charge is -2.30. The summed E-state index contributed by atoms with van der Waals surface area (Å²) in [6, 6.07) is 20.9. The van der Waals surface area contributed by atoms with Crippen molar-refractivity contribution in [1.29, 1.82) is 0 Å². The maximum absolute atomic E-state index is 2.46. The van der Waals surface area contributed by atoms with Crippen LogP contribution in [0.5, 0.6) is 0 Å². The van der Waals surface area contributed by atoms with Crippen LogP contribution in [0.2, 0.25) is 0 Å². The van der Waals surface area contributed by atoms with Gasteiger partial charge in [0.25, 0.3) is 0 Å². The van der Waals surface area contributed by atoms with Crippen LogP contribution in [0.4, 0.5) is 0 Å². The Bertz CT molecular complexity index is 829. The van der Waals surface area contributed by atoms with E-state index in [9.17, 15) is 0 Å². The van der Waals surface area contributed by atoms with Crippen molar-refractivity contribution >= 4 is 0 Å². The average Bonchev–Trinajstić information content (AvgIpc) is 2.90. The first-order chi connectivity index (χ1) is 16.7. The fourth-order valence-corrected chi connectivity index (χ4v) is 6.78. The molecule has 0 unspecified atom stereocenters. The van der Waals surface area contributed by atoms with Crippen molar-refractivity contribution in [3.05, 3.63) is 83.4 Å². The molecule has 0 bridgehead atoms. The summed E-state index contributed by atoms with van der Waals surface area (Å²) in [5, 5.41) is 0. The summed E-state index contributed by atoms with van der Waals surface area (Å²) in [5.41, 5.74) is 4.67. The predicted octanol–water partition coefficient (Wildman–Crippen LogP) is 10.2. The van der Waals surface area contributed by atoms with Crippen LogP contribution in [-0.2, 0) is 6.42 Å². The van der Waals surface area contributed by atoms with Crippen LogP contribution in [0, 0.1) is 17.8 Å². The summed E-state index contributed by atoms with van der Waals surface area (Å²) < 4.78 is 0. The first-order valence-corrected chi connectivity index (χ1v) is 14.5. The number of allylic oxidation sites excluding steroid dienone is 2. The molecular formula is C34H48. The van der Waals surface area contributed by atoms with Gasteiger partial charge in [-0.05, 0) is 111 Å². The van der Waals surface area contributed by atoms with Crippen molar-refractivity contribution in [2.24, 2.45) is 17.8 Å². The van der Waals surface area contributed by atoms with Crippen molar-refractivity contribution in [3.8, 4) is 0 Å². The number of benzene rings is 2. The molecule has 0 saturated heterocycles. The molecule has 0 amide bonds. The van der Waals surface area contributed by atoms with Gasteiger partial charge in [-0.2, -0.15) is 0 Å². The molecule has 4 rings (SSSR count). The summed E-state index contributed by atoms with van der Waals surface area (Å²) in [6.07, 6.45) is 22.7. The first kappa shape index (κ1) is 25.3. The highest BCUT2D eigenvalue weighted by atomic mass is 14.3. The molecule has 2 saturated carbocycles. The van der Waals surface area contributed by atoms with E-state index in [1.54, 1.807) is 11.1 Å². The van der Waals surface area contributed by atoms with Crippen LogP contribution in [-0.4, -0.2) is 0 Å². The highest BCUT2D eigenvalue weighted by Gasteiger charge is 2.24. The van der Waals surface area contributed by atoms with E-state index >= 15 is 0 Å². The summed E-state index contributed by atoms with van der Waals surface area (Å²) in [7, 11) is 0. The SMILES string of the molecule is C/C=C/CCC1CCC(CCc2ccc(C3CCC(C[C@@H](C)c4ccccc4)CC3)cc2)CC1. The molecule has 34 heavy (non-hydrogen) atoms. The normalized spacial score (nSPS) is 26.5. The summed E-state index contributed by atoms with van der Waals surface area (Å²) in [4.78, 5) is 0. The zero-order valence-electron chi connectivity index (χ0n) is 21.9. The van der Waals surface area contributed by atoms with Crippen molar-refractivity contribution in [1.82, 2.24) is 0 Å². The zero-order chi connectivity index (χ0) is 23.6. The monoisotopic (exact) mass is 456 g/mol. The molecule has 0 heterocycles. The van der Waals surface area contributed by atoms with Crippen LogP contribution >= 0.6 is 0 Å². The fraction of sp³-hybridized carbons (Fsp3) is 0.588. The second-order valence-corrected chi connectivity index (χ2v) is 11.6. The van der Waals surface area contributed by atoms with Crippen LogP contribution in [0.3, 0.4) is 0 Å². The van der Waals surface area contributed by atoms with Gasteiger partial charge in [-0.3, -0.25) is 0 Å². The van der Waals surface area contributed by atoms with E-state index in [4.69, 9.17) is 0 Å². The standard InChI is InChI=1S/C34H48/c1-3-4-6-9-28-12-14-29(15-13-28)16-17-30-18-22-33(23-19-30)34-24-20-31(21-25-34)26-27(2)32-10-7-5-8-11-32/h3-5,7-8,10-11,18-19,22-23,27-29,31,34H,6,9,12-17,20-21,24-26H2,1-2H3/b4-3+/t27-,28?,29?,31?,34?/m1/s1. The van der Waals surface area contributed by atoms with E-state index in [2.05, 4.69) is 80.6 Å². The number of aryl methyl sites for hydroxylation is 1. The molecule has 0 aromatic heterocycles. The van der Waals surface area contributed by atoms with Crippen LogP contribution in [0.1, 0.15) is 119 Å². The molecule has 0 heteroatoms. The van der Waals surface area contributed by atoms with Gasteiger partial charge < -0.3 is 0 Å². The molecule has 0 aliphatic heterocycles. The Morgan fingerprint density at radius 3 is 2.00 bits per heavy atom. The van der Waals surface area contributed by atoms with E-state index in [-0.39, 0.29) is 0 Å². The summed E-state index contributed by atoms with van der Waals surface area (Å²) in [5.74, 6) is 4.34. The Hall–Kier alpha value is -1.82. The topological polar surface area (TPSA) is 0 Å². The Labute approximate surface area is 210 Å². The Balaban J connectivity index is 1.15. The van der Waals surface area contributed by atoms with E-state index in [0.717, 1.165) is 23.7 Å². The molecule has 0 radical (unpaired) electrons. The van der Waals surface area contributed by atoms with Crippen LogP contribution in [0.25, 0.3) is 0 Å². The van der Waals surface area contributed by atoms with Gasteiger partial charge in [0.05, 0.1) is 0 Å². The molecule has 0 spiro atoms. The van der Waals surface area contributed by atoms with Crippen LogP contribution < -0.4 is 0 Å². The molecular weight excluding hydrogens is 408 g/mol. The first-order valence-electron chi connectivity index (χ1n) is 14.5. The minimum atomic E-state index is 0.690. The molecule has 2 fully saturated rings. The molecule has 0 N–H and O–H groups in total. The maximum Gasteiger partial charge on any atom is -0.0162 e. The second-order valence-electron chi connectivity index (χ2n) is 11.6. The highest BCUT2D eigenvalue weighted by molar-refractivity contribution is 5.26. The van der Waals surface area contributed by atoms with E-state index in [1.165, 1.54) is 89.0 Å². The molecule has 2 aliphatic rings. The zero-order valence-corrected chi connectivity index (χ0v) is 21.9. The second kappa shape index (κ2) is 13.3. The minimum Gasteiger partial charge on any atom is -0.0917 e. The van der Waals surface area contributed by atoms with Crippen molar-refractivity contribution < 1.29 is 0 Å². The highest BCUT2D eigenvalue weighted by Crippen LogP contribution is 2.40. The number of hydrogen-bond donors (Lipinski definition) is 0. The molecule has 0 nitrogen and oxygen atoms in total. The minimum absolute atomic E-state index is 0.690. The average molecular weight is 457 g/mol. The van der Waals surface area contributed by atoms with E-state index < -0.39 is 0 Å².